The van der Waals surface area contributed by atoms with Gasteiger partial charge in [0.25, 0.3) is 0 Å². The van der Waals surface area contributed by atoms with Crippen molar-refractivity contribution in [3.05, 3.63) is 0 Å². The highest BCUT2D eigenvalue weighted by molar-refractivity contribution is 5.71. The largest absolute Gasteiger partial charge is 0.481 e. The van der Waals surface area contributed by atoms with Crippen LogP contribution in [0.1, 0.15) is 53.4 Å². The number of carboxylic acids is 1. The highest BCUT2D eigenvalue weighted by Gasteiger charge is 2.39. The molecule has 0 spiro atoms. The van der Waals surface area contributed by atoms with E-state index in [1.807, 2.05) is 0 Å². The Morgan fingerprint density at radius 3 is 2.24 bits per heavy atom. The lowest BCUT2D eigenvalue weighted by Crippen LogP contribution is -2.58. The van der Waals surface area contributed by atoms with Gasteiger partial charge >= 0.3 is 5.97 Å². The van der Waals surface area contributed by atoms with Crippen molar-refractivity contribution in [2.75, 3.05) is 26.2 Å². The number of aliphatic carboxylic acids is 1. The molecular formula is C17H32N2O2. The molecule has 0 aromatic carbocycles. The highest BCUT2D eigenvalue weighted by Crippen LogP contribution is 2.35. The lowest BCUT2D eigenvalue weighted by molar-refractivity contribution is -0.147. The number of carboxylic acid groups (broad SMARTS) is 1. The Hall–Kier alpha value is -0.610. The smallest absolute Gasteiger partial charge is 0.308 e. The number of rotatable bonds is 3. The van der Waals surface area contributed by atoms with E-state index in [1.54, 1.807) is 0 Å². The Bertz CT molecular complexity index is 356. The molecule has 1 aliphatic carbocycles. The lowest BCUT2D eigenvalue weighted by atomic mass is 9.76. The quantitative estimate of drug-likeness (QED) is 0.869. The normalized spacial score (nSPS) is 33.0. The van der Waals surface area contributed by atoms with Gasteiger partial charge in [-0.15, -0.1) is 0 Å². The van der Waals surface area contributed by atoms with E-state index >= 15 is 0 Å². The van der Waals surface area contributed by atoms with E-state index in [2.05, 4.69) is 37.5 Å². The fraction of sp³-hybridized carbons (Fsp3) is 0.941. The monoisotopic (exact) mass is 296 g/mol. The van der Waals surface area contributed by atoms with Crippen LogP contribution in [0.3, 0.4) is 0 Å². The van der Waals surface area contributed by atoms with Crippen LogP contribution in [-0.2, 0) is 4.79 Å². The van der Waals surface area contributed by atoms with Gasteiger partial charge in [-0.1, -0.05) is 13.3 Å². The molecule has 2 aliphatic rings. The minimum atomic E-state index is -0.590. The highest BCUT2D eigenvalue weighted by atomic mass is 16.4. The van der Waals surface area contributed by atoms with Crippen LogP contribution in [0, 0.1) is 11.8 Å². The van der Waals surface area contributed by atoms with Crippen molar-refractivity contribution in [1.29, 1.82) is 0 Å². The molecule has 0 bridgehead atoms. The maximum Gasteiger partial charge on any atom is 0.308 e. The Labute approximate surface area is 129 Å². The van der Waals surface area contributed by atoms with Crippen molar-refractivity contribution >= 4 is 5.97 Å². The van der Waals surface area contributed by atoms with Crippen LogP contribution in [0.4, 0.5) is 0 Å². The van der Waals surface area contributed by atoms with Gasteiger partial charge in [0.1, 0.15) is 0 Å². The van der Waals surface area contributed by atoms with Crippen LogP contribution in [0.25, 0.3) is 0 Å². The number of piperazine rings is 1. The summed E-state index contributed by atoms with van der Waals surface area (Å²) < 4.78 is 0. The van der Waals surface area contributed by atoms with Gasteiger partial charge in [-0.2, -0.15) is 0 Å². The summed E-state index contributed by atoms with van der Waals surface area (Å²) in [4.78, 5) is 16.6. The maximum absolute atomic E-state index is 11.6. The molecule has 1 N–H and O–H groups in total. The third-order valence-corrected chi connectivity index (χ3v) is 5.55. The molecule has 1 saturated heterocycles. The maximum atomic E-state index is 11.6. The Kier molecular flexibility index (Phi) is 5.31. The van der Waals surface area contributed by atoms with Crippen molar-refractivity contribution in [1.82, 2.24) is 9.80 Å². The van der Waals surface area contributed by atoms with Gasteiger partial charge in [0, 0.05) is 37.8 Å². The molecule has 0 radical (unpaired) electrons. The minimum absolute atomic E-state index is 0.158. The molecule has 1 heterocycles. The van der Waals surface area contributed by atoms with Crippen molar-refractivity contribution in [3.63, 3.8) is 0 Å². The van der Waals surface area contributed by atoms with Gasteiger partial charge in [-0.05, 0) is 46.0 Å². The average Bonchev–Trinajstić information content (AvgIpc) is 2.45. The van der Waals surface area contributed by atoms with Gasteiger partial charge < -0.3 is 5.11 Å². The molecule has 0 aromatic heterocycles. The molecule has 1 aliphatic heterocycles. The molecule has 0 aromatic rings. The zero-order chi connectivity index (χ0) is 15.6. The first-order valence-corrected chi connectivity index (χ1v) is 8.54. The molecule has 2 rings (SSSR count). The van der Waals surface area contributed by atoms with E-state index in [0.717, 1.165) is 45.4 Å². The Morgan fingerprint density at radius 1 is 1.14 bits per heavy atom. The third kappa shape index (κ3) is 3.98. The molecule has 3 atom stereocenters. The molecule has 122 valence electrons. The van der Waals surface area contributed by atoms with Crippen LogP contribution in [0.15, 0.2) is 0 Å². The van der Waals surface area contributed by atoms with Crippen molar-refractivity contribution in [3.8, 4) is 0 Å². The van der Waals surface area contributed by atoms with Gasteiger partial charge in [-0.25, -0.2) is 0 Å². The summed E-state index contributed by atoms with van der Waals surface area (Å²) in [6.45, 7) is 13.2. The lowest BCUT2D eigenvalue weighted by Gasteiger charge is -2.47. The first-order valence-electron chi connectivity index (χ1n) is 8.54. The molecular weight excluding hydrogens is 264 g/mol. The zero-order valence-corrected chi connectivity index (χ0v) is 14.1. The summed E-state index contributed by atoms with van der Waals surface area (Å²) in [7, 11) is 0. The van der Waals surface area contributed by atoms with Crippen molar-refractivity contribution in [2.45, 2.75) is 65.0 Å². The van der Waals surface area contributed by atoms with Crippen LogP contribution in [0.5, 0.6) is 0 Å². The van der Waals surface area contributed by atoms with E-state index in [0.29, 0.717) is 5.92 Å². The average molecular weight is 296 g/mol. The van der Waals surface area contributed by atoms with E-state index in [-0.39, 0.29) is 17.5 Å². The van der Waals surface area contributed by atoms with Crippen LogP contribution in [0.2, 0.25) is 0 Å². The number of hydrogen-bond acceptors (Lipinski definition) is 3. The molecule has 2 fully saturated rings. The van der Waals surface area contributed by atoms with Gasteiger partial charge in [0.15, 0.2) is 0 Å². The summed E-state index contributed by atoms with van der Waals surface area (Å²) >= 11 is 0. The van der Waals surface area contributed by atoms with Crippen molar-refractivity contribution < 1.29 is 9.90 Å². The van der Waals surface area contributed by atoms with Crippen LogP contribution in [-0.4, -0.2) is 58.6 Å². The molecule has 4 heteroatoms. The summed E-state index contributed by atoms with van der Waals surface area (Å²) in [6, 6.07) is 0.253. The van der Waals surface area contributed by atoms with E-state index in [1.165, 1.54) is 6.42 Å². The molecule has 4 nitrogen and oxygen atoms in total. The molecule has 1 saturated carbocycles. The number of nitrogens with zero attached hydrogens (tertiary/aromatic N) is 2. The first kappa shape index (κ1) is 16.8. The van der Waals surface area contributed by atoms with E-state index < -0.39 is 5.97 Å². The zero-order valence-electron chi connectivity index (χ0n) is 14.1. The second-order valence-electron chi connectivity index (χ2n) is 7.79. The summed E-state index contributed by atoms with van der Waals surface area (Å²) in [5.41, 5.74) is 0.219. The summed E-state index contributed by atoms with van der Waals surface area (Å²) in [6.07, 6.45) is 4.21. The second kappa shape index (κ2) is 6.66. The third-order valence-electron chi connectivity index (χ3n) is 5.55. The molecule has 21 heavy (non-hydrogen) atoms. The summed E-state index contributed by atoms with van der Waals surface area (Å²) in [5, 5.41) is 9.54. The fourth-order valence-corrected chi connectivity index (χ4v) is 4.02. The second-order valence-corrected chi connectivity index (χ2v) is 7.79. The van der Waals surface area contributed by atoms with E-state index in [9.17, 15) is 9.90 Å². The fourth-order valence-electron chi connectivity index (χ4n) is 4.02. The van der Waals surface area contributed by atoms with Gasteiger partial charge in [-0.3, -0.25) is 14.6 Å². The van der Waals surface area contributed by atoms with Crippen LogP contribution < -0.4 is 0 Å². The predicted octanol–water partition coefficient (Wildman–Crippen LogP) is 2.68. The predicted molar refractivity (Wildman–Crippen MR) is 85.4 cm³/mol. The Morgan fingerprint density at radius 2 is 1.76 bits per heavy atom. The number of carbonyl (C=O) groups is 1. The van der Waals surface area contributed by atoms with Crippen molar-refractivity contribution in [2.24, 2.45) is 11.8 Å². The standard InChI is InChI=1S/C17H32N2O2/c1-5-13-6-7-14(16(20)21)15(12-13)18-8-10-19(11-9-18)17(2,3)4/h13-15H,5-12H2,1-4H3,(H,20,21). The number of hydrogen-bond donors (Lipinski definition) is 1. The topological polar surface area (TPSA) is 43.8 Å². The first-order chi connectivity index (χ1) is 9.82. The van der Waals surface area contributed by atoms with Gasteiger partial charge in [0.2, 0.25) is 0 Å². The minimum Gasteiger partial charge on any atom is -0.481 e. The Balaban J connectivity index is 2.00. The van der Waals surface area contributed by atoms with Crippen LogP contribution >= 0.6 is 0 Å². The molecule has 0 amide bonds. The SMILES string of the molecule is CCC1CCC(C(=O)O)C(N2CCN(C(C)(C)C)CC2)C1. The van der Waals surface area contributed by atoms with E-state index in [4.69, 9.17) is 0 Å². The van der Waals surface area contributed by atoms with Gasteiger partial charge in [0.05, 0.1) is 5.92 Å². The molecule has 3 unspecified atom stereocenters. The summed E-state index contributed by atoms with van der Waals surface area (Å²) in [5.74, 6) is -0.0342.